The molecule has 0 unspecified atom stereocenters. The minimum atomic E-state index is -1.54. The number of hydrogen-bond acceptors (Lipinski definition) is 4. The Kier molecular flexibility index (Phi) is 5.12. The van der Waals surface area contributed by atoms with E-state index >= 15 is 0 Å². The molecule has 144 valence electrons. The average Bonchev–Trinajstić information content (AvgIpc) is 2.78. The van der Waals surface area contributed by atoms with E-state index < -0.39 is 22.2 Å². The largest absolute Gasteiger partial charge is 0.363 e. The summed E-state index contributed by atoms with van der Waals surface area (Å²) in [7, 11) is 0. The topological polar surface area (TPSA) is 66.8 Å². The summed E-state index contributed by atoms with van der Waals surface area (Å²) in [5, 5.41) is 12.3. The van der Waals surface area contributed by atoms with E-state index in [-0.39, 0.29) is 24.5 Å². The third-order valence-electron chi connectivity index (χ3n) is 5.11. The Morgan fingerprint density at radius 2 is 1.65 bits per heavy atom. The van der Waals surface area contributed by atoms with Gasteiger partial charge in [-0.05, 0) is 19.1 Å². The molecule has 0 saturated carbocycles. The second-order valence-electron chi connectivity index (χ2n) is 9.61. The molecule has 1 aromatic carbocycles. The fraction of sp³-hybridized carbons (Fsp3) is 0.619. The molecule has 5 heteroatoms. The van der Waals surface area contributed by atoms with Crippen LogP contribution in [0.1, 0.15) is 71.7 Å². The second-order valence-corrected chi connectivity index (χ2v) is 9.61. The number of hydrogen-bond donors (Lipinski definition) is 1. The van der Waals surface area contributed by atoms with Crippen LogP contribution in [0.3, 0.4) is 0 Å². The Balaban J connectivity index is 2.44. The summed E-state index contributed by atoms with van der Waals surface area (Å²) in [6.45, 7) is 12.9. The van der Waals surface area contributed by atoms with Crippen molar-refractivity contribution in [1.29, 1.82) is 0 Å². The molecule has 0 aliphatic carbocycles. The third kappa shape index (κ3) is 3.84. The van der Waals surface area contributed by atoms with Crippen LogP contribution in [0.5, 0.6) is 0 Å². The van der Waals surface area contributed by atoms with Crippen molar-refractivity contribution in [2.24, 2.45) is 10.8 Å². The highest BCUT2D eigenvalue weighted by atomic mass is 16.8. The Morgan fingerprint density at radius 1 is 1.12 bits per heavy atom. The van der Waals surface area contributed by atoms with Gasteiger partial charge in [-0.15, -0.1) is 0 Å². The van der Waals surface area contributed by atoms with E-state index in [1.54, 1.807) is 31.2 Å². The summed E-state index contributed by atoms with van der Waals surface area (Å²) in [5.41, 5.74) is -1.63. The minimum Gasteiger partial charge on any atom is -0.363 e. The van der Waals surface area contributed by atoms with E-state index in [0.29, 0.717) is 5.56 Å². The van der Waals surface area contributed by atoms with E-state index in [2.05, 4.69) is 0 Å². The fourth-order valence-electron chi connectivity index (χ4n) is 3.01. The Hall–Kier alpha value is -1.72. The van der Waals surface area contributed by atoms with Crippen LogP contribution in [-0.2, 0) is 9.63 Å². The van der Waals surface area contributed by atoms with Crippen LogP contribution < -0.4 is 0 Å². The van der Waals surface area contributed by atoms with Crippen molar-refractivity contribution < 1.29 is 19.5 Å². The maximum Gasteiger partial charge on any atom is 0.278 e. The fourth-order valence-corrected chi connectivity index (χ4v) is 3.01. The highest BCUT2D eigenvalue weighted by Gasteiger charge is 2.59. The van der Waals surface area contributed by atoms with Crippen LogP contribution in [0.4, 0.5) is 0 Å². The molecule has 0 aromatic heterocycles. The summed E-state index contributed by atoms with van der Waals surface area (Å²) in [6, 6.07) is 8.78. The average molecular weight is 361 g/mol. The first-order chi connectivity index (χ1) is 11.7. The molecule has 2 rings (SSSR count). The highest BCUT2D eigenvalue weighted by molar-refractivity contribution is 5.95. The SMILES string of the molecule is CC(C)(C)C(=O)C[C@@]1(C)C[C@](O)(C(C)(C)C)ON1C(=O)c1ccccc1. The van der Waals surface area contributed by atoms with Crippen molar-refractivity contribution >= 4 is 11.7 Å². The first kappa shape index (κ1) is 20.6. The number of benzene rings is 1. The number of carbonyl (C=O) groups is 2. The number of hydroxylamine groups is 2. The molecule has 1 aliphatic heterocycles. The molecule has 1 fully saturated rings. The number of nitrogens with zero attached hydrogens (tertiary/aromatic N) is 1. The number of Topliss-reactive ketones (excluding diaryl/α,β-unsaturated/α-hetero) is 1. The summed E-state index contributed by atoms with van der Waals surface area (Å²) in [4.78, 5) is 31.6. The molecular formula is C21H31NO4. The number of aliphatic hydroxyl groups is 1. The van der Waals surface area contributed by atoms with Gasteiger partial charge in [0.25, 0.3) is 5.91 Å². The van der Waals surface area contributed by atoms with E-state index in [1.807, 2.05) is 47.6 Å². The molecule has 1 heterocycles. The Bertz CT molecular complexity index is 686. The van der Waals surface area contributed by atoms with Gasteiger partial charge in [0.15, 0.2) is 5.79 Å². The van der Waals surface area contributed by atoms with E-state index in [0.717, 1.165) is 0 Å². The van der Waals surface area contributed by atoms with Crippen molar-refractivity contribution in [2.75, 3.05) is 0 Å². The lowest BCUT2D eigenvalue weighted by Gasteiger charge is -2.35. The first-order valence-electron chi connectivity index (χ1n) is 9.04. The van der Waals surface area contributed by atoms with Gasteiger partial charge in [-0.3, -0.25) is 9.59 Å². The Labute approximate surface area is 156 Å². The van der Waals surface area contributed by atoms with Crippen molar-refractivity contribution in [1.82, 2.24) is 5.06 Å². The lowest BCUT2D eigenvalue weighted by atomic mass is 9.75. The molecule has 1 saturated heterocycles. The molecule has 26 heavy (non-hydrogen) atoms. The van der Waals surface area contributed by atoms with Crippen LogP contribution in [0.2, 0.25) is 0 Å². The molecule has 0 spiro atoms. The van der Waals surface area contributed by atoms with Crippen molar-refractivity contribution in [3.8, 4) is 0 Å². The summed E-state index contributed by atoms with van der Waals surface area (Å²) >= 11 is 0. The van der Waals surface area contributed by atoms with Crippen LogP contribution >= 0.6 is 0 Å². The number of rotatable bonds is 3. The summed E-state index contributed by atoms with van der Waals surface area (Å²) < 4.78 is 0. The zero-order valence-electron chi connectivity index (χ0n) is 16.9. The van der Waals surface area contributed by atoms with E-state index in [4.69, 9.17) is 4.84 Å². The van der Waals surface area contributed by atoms with Gasteiger partial charge >= 0.3 is 0 Å². The highest BCUT2D eigenvalue weighted by Crippen LogP contribution is 2.49. The Morgan fingerprint density at radius 3 is 2.12 bits per heavy atom. The van der Waals surface area contributed by atoms with Crippen molar-refractivity contribution in [2.45, 2.75) is 72.6 Å². The monoisotopic (exact) mass is 361 g/mol. The van der Waals surface area contributed by atoms with Gasteiger partial charge in [0.1, 0.15) is 5.78 Å². The molecular weight excluding hydrogens is 330 g/mol. The zero-order chi connectivity index (χ0) is 20.0. The van der Waals surface area contributed by atoms with E-state index in [1.165, 1.54) is 5.06 Å². The molecule has 5 nitrogen and oxygen atoms in total. The first-order valence-corrected chi connectivity index (χ1v) is 9.04. The molecule has 0 radical (unpaired) electrons. The predicted molar refractivity (Wildman–Crippen MR) is 100 cm³/mol. The third-order valence-corrected chi connectivity index (χ3v) is 5.11. The molecule has 1 aromatic rings. The number of amides is 1. The lowest BCUT2D eigenvalue weighted by Crippen LogP contribution is -2.47. The molecule has 1 aliphatic rings. The standard InChI is InChI=1S/C21H31NO4/c1-18(2,3)16(23)13-20(7)14-21(25,19(4,5)6)26-22(20)17(24)15-11-9-8-10-12-15/h8-12,25H,13-14H2,1-7H3/t20-,21+/m0/s1. The molecule has 1 amide bonds. The molecule has 2 atom stereocenters. The quantitative estimate of drug-likeness (QED) is 0.885. The number of carbonyl (C=O) groups excluding carboxylic acids is 2. The predicted octanol–water partition coefficient (Wildman–Crippen LogP) is 3.96. The van der Waals surface area contributed by atoms with E-state index in [9.17, 15) is 14.7 Å². The van der Waals surface area contributed by atoms with Crippen LogP contribution in [0.25, 0.3) is 0 Å². The van der Waals surface area contributed by atoms with Crippen LogP contribution in [0, 0.1) is 10.8 Å². The van der Waals surface area contributed by atoms with Gasteiger partial charge in [-0.2, -0.15) is 0 Å². The van der Waals surface area contributed by atoms with Gasteiger partial charge in [-0.1, -0.05) is 59.7 Å². The zero-order valence-corrected chi connectivity index (χ0v) is 16.9. The van der Waals surface area contributed by atoms with Crippen molar-refractivity contribution in [3.63, 3.8) is 0 Å². The smallest absolute Gasteiger partial charge is 0.278 e. The van der Waals surface area contributed by atoms with Crippen molar-refractivity contribution in [3.05, 3.63) is 35.9 Å². The summed E-state index contributed by atoms with van der Waals surface area (Å²) in [5.74, 6) is -1.87. The van der Waals surface area contributed by atoms with Gasteiger partial charge in [-0.25, -0.2) is 9.90 Å². The maximum atomic E-state index is 13.1. The van der Waals surface area contributed by atoms with Crippen LogP contribution in [-0.4, -0.2) is 33.2 Å². The van der Waals surface area contributed by atoms with Gasteiger partial charge < -0.3 is 5.11 Å². The molecule has 1 N–H and O–H groups in total. The number of ketones is 1. The minimum absolute atomic E-state index is 0.0209. The van der Waals surface area contributed by atoms with Gasteiger partial charge in [0.2, 0.25) is 0 Å². The second kappa shape index (κ2) is 6.46. The maximum absolute atomic E-state index is 13.1. The normalized spacial score (nSPS) is 26.8. The van der Waals surface area contributed by atoms with Crippen LogP contribution in [0.15, 0.2) is 30.3 Å². The van der Waals surface area contributed by atoms with Gasteiger partial charge in [0.05, 0.1) is 5.54 Å². The van der Waals surface area contributed by atoms with Gasteiger partial charge in [0, 0.05) is 29.2 Å². The summed E-state index contributed by atoms with van der Waals surface area (Å²) in [6.07, 6.45) is 0.289. The lowest BCUT2D eigenvalue weighted by molar-refractivity contribution is -0.309. The molecule has 0 bridgehead atoms.